The minimum atomic E-state index is -0.207. The van der Waals surface area contributed by atoms with Crippen LogP contribution in [-0.2, 0) is 11.2 Å². The van der Waals surface area contributed by atoms with Gasteiger partial charge in [-0.1, -0.05) is 42.5 Å². The van der Waals surface area contributed by atoms with E-state index >= 15 is 0 Å². The van der Waals surface area contributed by atoms with Crippen molar-refractivity contribution in [1.29, 1.82) is 5.26 Å². The molecule has 0 aliphatic rings. The summed E-state index contributed by atoms with van der Waals surface area (Å²) in [5.41, 5.74) is 1.83. The standard InChI is InChI=1S/C19H20N2O3/c20-11-13-24-17-8-6-15(7-9-17)14-19(23)21-18(10-12-22)16-4-2-1-3-5-16/h1-9,18,22H,10,12-14H2,(H,21,23). The molecule has 5 nitrogen and oxygen atoms in total. The number of carbonyl (C=O) groups is 1. The van der Waals surface area contributed by atoms with E-state index in [0.717, 1.165) is 11.1 Å². The number of hydrogen-bond acceptors (Lipinski definition) is 4. The maximum absolute atomic E-state index is 12.3. The molecule has 2 aromatic rings. The van der Waals surface area contributed by atoms with Crippen LogP contribution in [-0.4, -0.2) is 24.2 Å². The van der Waals surface area contributed by atoms with Crippen molar-refractivity contribution >= 4 is 5.91 Å². The summed E-state index contributed by atoms with van der Waals surface area (Å²) >= 11 is 0. The molecule has 0 saturated heterocycles. The van der Waals surface area contributed by atoms with E-state index in [1.54, 1.807) is 24.3 Å². The van der Waals surface area contributed by atoms with Gasteiger partial charge in [-0.15, -0.1) is 0 Å². The van der Waals surface area contributed by atoms with Crippen molar-refractivity contribution < 1.29 is 14.6 Å². The van der Waals surface area contributed by atoms with Crippen molar-refractivity contribution in [3.8, 4) is 11.8 Å². The van der Waals surface area contributed by atoms with Gasteiger partial charge in [-0.3, -0.25) is 4.79 Å². The fourth-order valence-corrected chi connectivity index (χ4v) is 2.39. The number of benzene rings is 2. The van der Waals surface area contributed by atoms with E-state index < -0.39 is 0 Å². The topological polar surface area (TPSA) is 82.3 Å². The molecular weight excluding hydrogens is 304 g/mol. The van der Waals surface area contributed by atoms with E-state index in [2.05, 4.69) is 5.32 Å². The van der Waals surface area contributed by atoms with Crippen LogP contribution in [0.5, 0.6) is 5.75 Å². The molecule has 0 saturated carbocycles. The van der Waals surface area contributed by atoms with Crippen molar-refractivity contribution in [2.24, 2.45) is 0 Å². The van der Waals surface area contributed by atoms with E-state index in [-0.39, 0.29) is 31.6 Å². The van der Waals surface area contributed by atoms with Crippen LogP contribution in [0.25, 0.3) is 0 Å². The largest absolute Gasteiger partial charge is 0.479 e. The van der Waals surface area contributed by atoms with Crippen molar-refractivity contribution in [3.63, 3.8) is 0 Å². The first-order valence-electron chi connectivity index (χ1n) is 7.77. The quantitative estimate of drug-likeness (QED) is 0.781. The third kappa shape index (κ3) is 5.41. The zero-order chi connectivity index (χ0) is 17.2. The Kier molecular flexibility index (Phi) is 6.81. The Morgan fingerprint density at radius 1 is 1.17 bits per heavy atom. The molecule has 1 atom stereocenters. The Bertz CT molecular complexity index is 678. The predicted octanol–water partition coefficient (Wildman–Crippen LogP) is 2.37. The van der Waals surface area contributed by atoms with Gasteiger partial charge in [0.2, 0.25) is 5.91 Å². The van der Waals surface area contributed by atoms with Gasteiger partial charge in [-0.2, -0.15) is 5.26 Å². The highest BCUT2D eigenvalue weighted by Crippen LogP contribution is 2.17. The zero-order valence-electron chi connectivity index (χ0n) is 13.3. The number of aliphatic hydroxyl groups is 1. The predicted molar refractivity (Wildman–Crippen MR) is 90.3 cm³/mol. The molecular formula is C19H20N2O3. The Hall–Kier alpha value is -2.84. The molecule has 1 unspecified atom stereocenters. The van der Waals surface area contributed by atoms with Gasteiger partial charge in [-0.05, 0) is 29.7 Å². The van der Waals surface area contributed by atoms with Gasteiger partial charge < -0.3 is 15.2 Å². The van der Waals surface area contributed by atoms with Crippen LogP contribution < -0.4 is 10.1 Å². The molecule has 0 aliphatic heterocycles. The molecule has 5 heteroatoms. The van der Waals surface area contributed by atoms with Gasteiger partial charge in [0, 0.05) is 6.61 Å². The average Bonchev–Trinajstić information content (AvgIpc) is 2.61. The highest BCUT2D eigenvalue weighted by molar-refractivity contribution is 5.79. The second-order valence-electron chi connectivity index (χ2n) is 5.31. The van der Waals surface area contributed by atoms with Gasteiger partial charge in [0.05, 0.1) is 12.5 Å². The second kappa shape index (κ2) is 9.33. The fourth-order valence-electron chi connectivity index (χ4n) is 2.39. The molecule has 0 radical (unpaired) electrons. The van der Waals surface area contributed by atoms with Crippen molar-refractivity contribution in [3.05, 3.63) is 65.7 Å². The molecule has 2 rings (SSSR count). The Labute approximate surface area is 141 Å². The highest BCUT2D eigenvalue weighted by Gasteiger charge is 2.14. The summed E-state index contributed by atoms with van der Waals surface area (Å²) in [7, 11) is 0. The summed E-state index contributed by atoms with van der Waals surface area (Å²) in [4.78, 5) is 12.3. The third-order valence-electron chi connectivity index (χ3n) is 3.55. The van der Waals surface area contributed by atoms with Crippen LogP contribution in [0, 0.1) is 11.3 Å². The van der Waals surface area contributed by atoms with Crippen LogP contribution in [0.2, 0.25) is 0 Å². The second-order valence-corrected chi connectivity index (χ2v) is 5.31. The van der Waals surface area contributed by atoms with Crippen LogP contribution >= 0.6 is 0 Å². The lowest BCUT2D eigenvalue weighted by molar-refractivity contribution is -0.121. The van der Waals surface area contributed by atoms with Crippen molar-refractivity contribution in [2.45, 2.75) is 18.9 Å². The third-order valence-corrected chi connectivity index (χ3v) is 3.55. The molecule has 0 spiro atoms. The first-order chi connectivity index (χ1) is 11.7. The number of nitriles is 1. The van der Waals surface area contributed by atoms with Crippen molar-refractivity contribution in [2.75, 3.05) is 13.2 Å². The molecule has 0 aliphatic carbocycles. The lowest BCUT2D eigenvalue weighted by Gasteiger charge is -2.18. The minimum Gasteiger partial charge on any atom is -0.479 e. The number of nitrogens with zero attached hydrogens (tertiary/aromatic N) is 1. The Morgan fingerprint density at radius 3 is 2.50 bits per heavy atom. The first kappa shape index (κ1) is 17.5. The molecule has 124 valence electrons. The molecule has 2 aromatic carbocycles. The van der Waals surface area contributed by atoms with E-state index in [1.807, 2.05) is 36.4 Å². The van der Waals surface area contributed by atoms with Crippen molar-refractivity contribution in [1.82, 2.24) is 5.32 Å². The van der Waals surface area contributed by atoms with Gasteiger partial charge >= 0.3 is 0 Å². The van der Waals surface area contributed by atoms with Gasteiger partial charge in [0.1, 0.15) is 11.8 Å². The number of ether oxygens (including phenoxy) is 1. The lowest BCUT2D eigenvalue weighted by atomic mass is 10.0. The smallest absolute Gasteiger partial charge is 0.224 e. The van der Waals surface area contributed by atoms with Crippen LogP contribution in [0.15, 0.2) is 54.6 Å². The number of nitrogens with one attached hydrogen (secondary N) is 1. The molecule has 0 heterocycles. The highest BCUT2D eigenvalue weighted by atomic mass is 16.5. The number of carbonyl (C=O) groups excluding carboxylic acids is 1. The SMILES string of the molecule is N#CCOc1ccc(CC(=O)NC(CCO)c2ccccc2)cc1. The molecule has 2 N–H and O–H groups in total. The van der Waals surface area contributed by atoms with Crippen LogP contribution in [0.4, 0.5) is 0 Å². The van der Waals surface area contributed by atoms with E-state index in [1.165, 1.54) is 0 Å². The summed E-state index contributed by atoms with van der Waals surface area (Å²) < 4.78 is 5.18. The Balaban J connectivity index is 1.94. The molecule has 1 amide bonds. The first-order valence-corrected chi connectivity index (χ1v) is 7.77. The number of hydrogen-bond donors (Lipinski definition) is 2. The summed E-state index contributed by atoms with van der Waals surface area (Å²) in [6, 6.07) is 18.4. The fraction of sp³-hybridized carbons (Fsp3) is 0.263. The normalized spacial score (nSPS) is 11.3. The van der Waals surface area contributed by atoms with E-state index in [9.17, 15) is 9.90 Å². The average molecular weight is 324 g/mol. The maximum Gasteiger partial charge on any atom is 0.224 e. The number of aliphatic hydroxyl groups excluding tert-OH is 1. The summed E-state index contributed by atoms with van der Waals surface area (Å²) in [5.74, 6) is 0.492. The number of rotatable bonds is 8. The zero-order valence-corrected chi connectivity index (χ0v) is 13.3. The minimum absolute atomic E-state index is 0.000250. The van der Waals surface area contributed by atoms with Gasteiger partial charge in [0.15, 0.2) is 6.61 Å². The monoisotopic (exact) mass is 324 g/mol. The summed E-state index contributed by atoms with van der Waals surface area (Å²) in [6.45, 7) is 0.00448. The van der Waals surface area contributed by atoms with E-state index in [4.69, 9.17) is 10.00 Å². The Morgan fingerprint density at radius 2 is 1.88 bits per heavy atom. The van der Waals surface area contributed by atoms with Gasteiger partial charge in [0.25, 0.3) is 0 Å². The summed E-state index contributed by atoms with van der Waals surface area (Å²) in [5, 5.41) is 20.6. The van der Waals surface area contributed by atoms with Crippen LogP contribution in [0.3, 0.4) is 0 Å². The molecule has 0 fully saturated rings. The summed E-state index contributed by atoms with van der Waals surface area (Å²) in [6.07, 6.45) is 0.712. The van der Waals surface area contributed by atoms with E-state index in [0.29, 0.717) is 12.2 Å². The maximum atomic E-state index is 12.3. The molecule has 0 aromatic heterocycles. The molecule has 24 heavy (non-hydrogen) atoms. The lowest BCUT2D eigenvalue weighted by Crippen LogP contribution is -2.30. The van der Waals surface area contributed by atoms with Crippen LogP contribution in [0.1, 0.15) is 23.6 Å². The number of amides is 1. The van der Waals surface area contributed by atoms with Gasteiger partial charge in [-0.25, -0.2) is 0 Å². The molecule has 0 bridgehead atoms.